The summed E-state index contributed by atoms with van der Waals surface area (Å²) in [5, 5.41) is 9.01. The number of hydrogen-bond donors (Lipinski definition) is 1. The summed E-state index contributed by atoms with van der Waals surface area (Å²) < 4.78 is 5.41. The van der Waals surface area contributed by atoms with Gasteiger partial charge in [-0.05, 0) is 29.4 Å². The summed E-state index contributed by atoms with van der Waals surface area (Å²) in [6, 6.07) is 8.93. The highest BCUT2D eigenvalue weighted by Crippen LogP contribution is 2.37. The lowest BCUT2D eigenvalue weighted by Gasteiger charge is -2.42. The Hall–Kier alpha value is -0.860. The Morgan fingerprint density at radius 1 is 1.17 bits per heavy atom. The maximum absolute atomic E-state index is 9.01. The third-order valence-corrected chi connectivity index (χ3v) is 3.93. The fourth-order valence-corrected chi connectivity index (χ4v) is 2.55. The molecule has 1 heterocycles. The van der Waals surface area contributed by atoms with Crippen molar-refractivity contribution in [3.05, 3.63) is 35.4 Å². The maximum atomic E-state index is 9.01. The van der Waals surface area contributed by atoms with Gasteiger partial charge in [-0.3, -0.25) is 0 Å². The van der Waals surface area contributed by atoms with Gasteiger partial charge in [0.1, 0.15) is 0 Å². The van der Waals surface area contributed by atoms with Gasteiger partial charge in [0.2, 0.25) is 0 Å². The number of rotatable bonds is 4. The zero-order chi connectivity index (χ0) is 13.2. The third kappa shape index (κ3) is 2.60. The molecule has 0 bridgehead atoms. The van der Waals surface area contributed by atoms with E-state index in [0.717, 1.165) is 26.1 Å². The number of hydrogen-bond acceptors (Lipinski definition) is 2. The smallest absolute Gasteiger partial charge is 0.0585 e. The molecular formula is C16H24O2. The van der Waals surface area contributed by atoms with Gasteiger partial charge in [0, 0.05) is 12.0 Å². The molecule has 0 aromatic heterocycles. The average molecular weight is 248 g/mol. The van der Waals surface area contributed by atoms with Crippen LogP contribution < -0.4 is 0 Å². The van der Waals surface area contributed by atoms with Crippen molar-refractivity contribution in [3.63, 3.8) is 0 Å². The standard InChI is InChI=1S/C16H24O2/c1-15(2,3)13-5-7-14(8-6-13)16(9-4-10-17)11-18-12-16/h5-8,17H,4,9-12H2,1-3H3. The molecule has 0 amide bonds. The lowest BCUT2D eigenvalue weighted by atomic mass is 9.74. The Bertz CT molecular complexity index is 383. The van der Waals surface area contributed by atoms with Crippen molar-refractivity contribution in [1.82, 2.24) is 0 Å². The first-order valence-electron chi connectivity index (χ1n) is 6.78. The van der Waals surface area contributed by atoms with E-state index >= 15 is 0 Å². The quantitative estimate of drug-likeness (QED) is 0.887. The summed E-state index contributed by atoms with van der Waals surface area (Å²) in [5.41, 5.74) is 3.07. The van der Waals surface area contributed by atoms with Gasteiger partial charge >= 0.3 is 0 Å². The maximum Gasteiger partial charge on any atom is 0.0585 e. The topological polar surface area (TPSA) is 29.5 Å². The fourth-order valence-electron chi connectivity index (χ4n) is 2.55. The Balaban J connectivity index is 2.17. The van der Waals surface area contributed by atoms with Crippen molar-refractivity contribution in [2.24, 2.45) is 0 Å². The summed E-state index contributed by atoms with van der Waals surface area (Å²) in [6.07, 6.45) is 1.86. The predicted molar refractivity (Wildman–Crippen MR) is 74.0 cm³/mol. The van der Waals surface area contributed by atoms with E-state index in [4.69, 9.17) is 9.84 Å². The zero-order valence-corrected chi connectivity index (χ0v) is 11.7. The second kappa shape index (κ2) is 5.02. The van der Waals surface area contributed by atoms with Gasteiger partial charge in [-0.15, -0.1) is 0 Å². The largest absolute Gasteiger partial charge is 0.396 e. The molecular weight excluding hydrogens is 224 g/mol. The van der Waals surface area contributed by atoms with Gasteiger partial charge in [-0.1, -0.05) is 45.0 Å². The minimum absolute atomic E-state index is 0.152. The summed E-state index contributed by atoms with van der Waals surface area (Å²) in [6.45, 7) is 8.55. The SMILES string of the molecule is CC(C)(C)c1ccc(C2(CCCO)COC2)cc1. The Morgan fingerprint density at radius 3 is 2.17 bits per heavy atom. The first-order chi connectivity index (χ1) is 8.48. The molecule has 0 unspecified atom stereocenters. The molecule has 0 atom stereocenters. The van der Waals surface area contributed by atoms with Crippen molar-refractivity contribution < 1.29 is 9.84 Å². The third-order valence-electron chi connectivity index (χ3n) is 3.93. The van der Waals surface area contributed by atoms with Gasteiger partial charge in [0.05, 0.1) is 13.2 Å². The van der Waals surface area contributed by atoms with Crippen LogP contribution in [0.3, 0.4) is 0 Å². The van der Waals surface area contributed by atoms with Gasteiger partial charge in [0.15, 0.2) is 0 Å². The highest BCUT2D eigenvalue weighted by molar-refractivity contribution is 5.33. The molecule has 1 aromatic rings. The number of aliphatic hydroxyl groups excluding tert-OH is 1. The minimum atomic E-state index is 0.152. The highest BCUT2D eigenvalue weighted by Gasteiger charge is 2.39. The molecule has 1 N–H and O–H groups in total. The van der Waals surface area contributed by atoms with E-state index in [1.54, 1.807) is 0 Å². The van der Waals surface area contributed by atoms with Crippen LogP contribution in [0.1, 0.15) is 44.7 Å². The highest BCUT2D eigenvalue weighted by atomic mass is 16.5. The first kappa shape index (κ1) is 13.6. The zero-order valence-electron chi connectivity index (χ0n) is 11.7. The summed E-state index contributed by atoms with van der Waals surface area (Å²) in [7, 11) is 0. The molecule has 1 fully saturated rings. The molecule has 0 saturated carbocycles. The molecule has 2 heteroatoms. The van der Waals surface area contributed by atoms with E-state index in [0.29, 0.717) is 0 Å². The first-order valence-corrected chi connectivity index (χ1v) is 6.78. The second-order valence-electron chi connectivity index (χ2n) is 6.43. The fraction of sp³-hybridized carbons (Fsp3) is 0.625. The van der Waals surface area contributed by atoms with E-state index in [9.17, 15) is 0 Å². The number of ether oxygens (including phenoxy) is 1. The normalized spacial score (nSPS) is 18.4. The molecule has 18 heavy (non-hydrogen) atoms. The average Bonchev–Trinajstić information content (AvgIpc) is 2.27. The number of aliphatic hydroxyl groups is 1. The van der Waals surface area contributed by atoms with Crippen molar-refractivity contribution in [2.45, 2.75) is 44.4 Å². The van der Waals surface area contributed by atoms with Gasteiger partial charge in [-0.25, -0.2) is 0 Å². The lowest BCUT2D eigenvalue weighted by Crippen LogP contribution is -2.46. The molecule has 1 aliphatic rings. The van der Waals surface area contributed by atoms with Crippen LogP contribution in [-0.2, 0) is 15.6 Å². The number of benzene rings is 1. The lowest BCUT2D eigenvalue weighted by molar-refractivity contribution is -0.0665. The molecule has 0 spiro atoms. The van der Waals surface area contributed by atoms with Crippen LogP contribution in [0, 0.1) is 0 Å². The molecule has 0 radical (unpaired) electrons. The van der Waals surface area contributed by atoms with E-state index in [1.807, 2.05) is 0 Å². The summed E-state index contributed by atoms with van der Waals surface area (Å²) >= 11 is 0. The van der Waals surface area contributed by atoms with Crippen LogP contribution in [0.25, 0.3) is 0 Å². The van der Waals surface area contributed by atoms with Crippen molar-refractivity contribution in [1.29, 1.82) is 0 Å². The minimum Gasteiger partial charge on any atom is -0.396 e. The molecule has 2 rings (SSSR count). The van der Waals surface area contributed by atoms with Crippen molar-refractivity contribution in [2.75, 3.05) is 19.8 Å². The van der Waals surface area contributed by atoms with Gasteiger partial charge in [0.25, 0.3) is 0 Å². The van der Waals surface area contributed by atoms with Crippen LogP contribution in [0.15, 0.2) is 24.3 Å². The van der Waals surface area contributed by atoms with Gasteiger partial charge < -0.3 is 9.84 Å². The van der Waals surface area contributed by atoms with E-state index < -0.39 is 0 Å². The van der Waals surface area contributed by atoms with Crippen LogP contribution in [0.4, 0.5) is 0 Å². The van der Waals surface area contributed by atoms with Crippen molar-refractivity contribution in [3.8, 4) is 0 Å². The van der Waals surface area contributed by atoms with Crippen LogP contribution in [-0.4, -0.2) is 24.9 Å². The van der Waals surface area contributed by atoms with Gasteiger partial charge in [-0.2, -0.15) is 0 Å². The van der Waals surface area contributed by atoms with Crippen molar-refractivity contribution >= 4 is 0 Å². The van der Waals surface area contributed by atoms with E-state index in [2.05, 4.69) is 45.0 Å². The second-order valence-corrected chi connectivity index (χ2v) is 6.43. The molecule has 0 aliphatic carbocycles. The summed E-state index contributed by atoms with van der Waals surface area (Å²) in [5.74, 6) is 0. The Labute approximate surface area is 110 Å². The Morgan fingerprint density at radius 2 is 1.78 bits per heavy atom. The van der Waals surface area contributed by atoms with Crippen LogP contribution in [0.2, 0.25) is 0 Å². The predicted octanol–water partition coefficient (Wildman–Crippen LogP) is 3.02. The van der Waals surface area contributed by atoms with E-state index in [-0.39, 0.29) is 17.4 Å². The van der Waals surface area contributed by atoms with Crippen LogP contribution >= 0.6 is 0 Å². The molecule has 1 aliphatic heterocycles. The summed E-state index contributed by atoms with van der Waals surface area (Å²) in [4.78, 5) is 0. The molecule has 100 valence electrons. The molecule has 1 aromatic carbocycles. The van der Waals surface area contributed by atoms with E-state index in [1.165, 1.54) is 11.1 Å². The molecule has 2 nitrogen and oxygen atoms in total. The monoisotopic (exact) mass is 248 g/mol. The molecule has 1 saturated heterocycles. The Kier molecular flexibility index (Phi) is 3.79. The van der Waals surface area contributed by atoms with Crippen LogP contribution in [0.5, 0.6) is 0 Å².